The van der Waals surface area contributed by atoms with E-state index < -0.39 is 0 Å². The first-order chi connectivity index (χ1) is 9.19. The number of hydrogen-bond donors (Lipinski definition) is 1. The van der Waals surface area contributed by atoms with Gasteiger partial charge in [0.15, 0.2) is 6.29 Å². The van der Waals surface area contributed by atoms with Gasteiger partial charge >= 0.3 is 0 Å². The van der Waals surface area contributed by atoms with Gasteiger partial charge in [0.05, 0.1) is 0 Å². The third-order valence-electron chi connectivity index (χ3n) is 2.91. The fraction of sp³-hybridized carbons (Fsp3) is 0.600. The normalized spacial score (nSPS) is 12.9. The van der Waals surface area contributed by atoms with Crippen LogP contribution in [-0.2, 0) is 9.47 Å². The quantitative estimate of drug-likeness (QED) is 0.698. The minimum Gasteiger partial charge on any atom is -0.353 e. The molecule has 19 heavy (non-hydrogen) atoms. The predicted octanol–water partition coefficient (Wildman–Crippen LogP) is 3.27. The average molecular weight is 269 g/mol. The molecule has 1 rings (SSSR count). The van der Waals surface area contributed by atoms with Crippen molar-refractivity contribution < 1.29 is 13.9 Å². The maximum absolute atomic E-state index is 13.6. The first-order valence-electron chi connectivity index (χ1n) is 6.90. The molecule has 0 aromatic heterocycles. The summed E-state index contributed by atoms with van der Waals surface area (Å²) in [7, 11) is 0. The van der Waals surface area contributed by atoms with Crippen molar-refractivity contribution in [1.29, 1.82) is 0 Å². The molecule has 4 heteroatoms. The van der Waals surface area contributed by atoms with Crippen molar-refractivity contribution in [2.24, 2.45) is 0 Å². The van der Waals surface area contributed by atoms with Crippen molar-refractivity contribution in [3.05, 3.63) is 35.6 Å². The molecule has 1 aromatic rings. The van der Waals surface area contributed by atoms with Crippen LogP contribution in [0.1, 0.15) is 38.8 Å². The van der Waals surface area contributed by atoms with E-state index in [9.17, 15) is 4.39 Å². The van der Waals surface area contributed by atoms with Gasteiger partial charge < -0.3 is 14.8 Å². The van der Waals surface area contributed by atoms with Crippen LogP contribution >= 0.6 is 0 Å². The SMILES string of the molecule is CCOC(CCNC(C)c1ccccc1F)OCC. The number of nitrogens with one attached hydrogen (secondary N) is 1. The molecule has 108 valence electrons. The maximum atomic E-state index is 13.6. The van der Waals surface area contributed by atoms with Gasteiger partial charge in [0, 0.05) is 37.8 Å². The monoisotopic (exact) mass is 269 g/mol. The third-order valence-corrected chi connectivity index (χ3v) is 2.91. The highest BCUT2D eigenvalue weighted by Crippen LogP contribution is 2.16. The van der Waals surface area contributed by atoms with E-state index in [0.29, 0.717) is 18.8 Å². The van der Waals surface area contributed by atoms with Gasteiger partial charge in [-0.2, -0.15) is 0 Å². The second-order valence-corrected chi connectivity index (χ2v) is 4.33. The highest BCUT2D eigenvalue weighted by molar-refractivity contribution is 5.20. The molecule has 3 nitrogen and oxygen atoms in total. The summed E-state index contributed by atoms with van der Waals surface area (Å²) in [4.78, 5) is 0. The number of halogens is 1. The van der Waals surface area contributed by atoms with E-state index in [2.05, 4.69) is 5.32 Å². The van der Waals surface area contributed by atoms with Crippen LogP contribution < -0.4 is 5.32 Å². The minimum atomic E-state index is -0.185. The number of rotatable bonds is 9. The van der Waals surface area contributed by atoms with Crippen molar-refractivity contribution in [3.63, 3.8) is 0 Å². The molecule has 0 fully saturated rings. The predicted molar refractivity (Wildman–Crippen MR) is 74.5 cm³/mol. The molecule has 0 saturated carbocycles. The summed E-state index contributed by atoms with van der Waals surface area (Å²) in [5, 5.41) is 3.29. The Hall–Kier alpha value is -0.970. The summed E-state index contributed by atoms with van der Waals surface area (Å²) in [5.74, 6) is -0.173. The first-order valence-corrected chi connectivity index (χ1v) is 6.90. The molecule has 0 aliphatic carbocycles. The zero-order valence-corrected chi connectivity index (χ0v) is 12.0. The number of ether oxygens (including phenoxy) is 2. The average Bonchev–Trinajstić information content (AvgIpc) is 2.39. The summed E-state index contributed by atoms with van der Waals surface area (Å²) < 4.78 is 24.5. The molecule has 0 radical (unpaired) electrons. The Morgan fingerprint density at radius 3 is 2.37 bits per heavy atom. The molecule has 1 atom stereocenters. The van der Waals surface area contributed by atoms with E-state index >= 15 is 0 Å². The summed E-state index contributed by atoms with van der Waals surface area (Å²) in [6, 6.07) is 6.81. The van der Waals surface area contributed by atoms with E-state index in [1.165, 1.54) is 6.07 Å². The van der Waals surface area contributed by atoms with Crippen LogP contribution in [0.4, 0.5) is 4.39 Å². The van der Waals surface area contributed by atoms with Crippen molar-refractivity contribution in [2.75, 3.05) is 19.8 Å². The van der Waals surface area contributed by atoms with E-state index in [-0.39, 0.29) is 18.1 Å². The lowest BCUT2D eigenvalue weighted by atomic mass is 10.1. The molecule has 0 saturated heterocycles. The lowest BCUT2D eigenvalue weighted by molar-refractivity contribution is -0.138. The van der Waals surface area contributed by atoms with Gasteiger partial charge in [-0.1, -0.05) is 18.2 Å². The molecule has 0 bridgehead atoms. The highest BCUT2D eigenvalue weighted by atomic mass is 19.1. The van der Waals surface area contributed by atoms with E-state index in [1.54, 1.807) is 12.1 Å². The molecule has 0 aliphatic rings. The Morgan fingerprint density at radius 2 is 1.79 bits per heavy atom. The number of hydrogen-bond acceptors (Lipinski definition) is 3. The van der Waals surface area contributed by atoms with E-state index in [4.69, 9.17) is 9.47 Å². The summed E-state index contributed by atoms with van der Waals surface area (Å²) >= 11 is 0. The second kappa shape index (κ2) is 9.02. The van der Waals surface area contributed by atoms with E-state index in [1.807, 2.05) is 26.8 Å². The fourth-order valence-electron chi connectivity index (χ4n) is 1.94. The Balaban J connectivity index is 2.37. The van der Waals surface area contributed by atoms with Crippen molar-refractivity contribution in [1.82, 2.24) is 5.32 Å². The Bertz CT molecular complexity index is 354. The summed E-state index contributed by atoms with van der Waals surface area (Å²) in [6.07, 6.45) is 0.566. The van der Waals surface area contributed by atoms with Gasteiger partial charge in [-0.05, 0) is 26.8 Å². The van der Waals surface area contributed by atoms with Crippen LogP contribution in [0, 0.1) is 5.82 Å². The Morgan fingerprint density at radius 1 is 1.16 bits per heavy atom. The van der Waals surface area contributed by atoms with E-state index in [0.717, 1.165) is 13.0 Å². The molecular weight excluding hydrogens is 245 g/mol. The van der Waals surface area contributed by atoms with Crippen LogP contribution in [0.3, 0.4) is 0 Å². The Kier molecular flexibility index (Phi) is 7.63. The summed E-state index contributed by atoms with van der Waals surface area (Å²) in [6.45, 7) is 7.83. The lowest BCUT2D eigenvalue weighted by Gasteiger charge is -2.19. The van der Waals surface area contributed by atoms with Crippen LogP contribution in [0.5, 0.6) is 0 Å². The smallest absolute Gasteiger partial charge is 0.158 e. The number of benzene rings is 1. The molecule has 0 spiro atoms. The molecule has 1 unspecified atom stereocenters. The van der Waals surface area contributed by atoms with Gasteiger partial charge in [-0.3, -0.25) is 0 Å². The van der Waals surface area contributed by atoms with Gasteiger partial charge in [-0.25, -0.2) is 4.39 Å². The van der Waals surface area contributed by atoms with Crippen LogP contribution in [0.15, 0.2) is 24.3 Å². The third kappa shape index (κ3) is 5.68. The first kappa shape index (κ1) is 16.1. The minimum absolute atomic E-state index is 0.0231. The zero-order chi connectivity index (χ0) is 14.1. The molecule has 1 aromatic carbocycles. The van der Waals surface area contributed by atoms with Gasteiger partial charge in [0.1, 0.15) is 5.82 Å². The van der Waals surface area contributed by atoms with Gasteiger partial charge in [0.25, 0.3) is 0 Å². The van der Waals surface area contributed by atoms with Crippen molar-refractivity contribution >= 4 is 0 Å². The van der Waals surface area contributed by atoms with Gasteiger partial charge in [0.2, 0.25) is 0 Å². The van der Waals surface area contributed by atoms with Crippen LogP contribution in [-0.4, -0.2) is 26.0 Å². The highest BCUT2D eigenvalue weighted by Gasteiger charge is 2.11. The van der Waals surface area contributed by atoms with Crippen LogP contribution in [0.25, 0.3) is 0 Å². The zero-order valence-electron chi connectivity index (χ0n) is 12.0. The summed E-state index contributed by atoms with van der Waals surface area (Å²) in [5.41, 5.74) is 0.687. The Labute approximate surface area is 115 Å². The largest absolute Gasteiger partial charge is 0.353 e. The molecule has 0 aliphatic heterocycles. The topological polar surface area (TPSA) is 30.5 Å². The van der Waals surface area contributed by atoms with Crippen molar-refractivity contribution in [3.8, 4) is 0 Å². The van der Waals surface area contributed by atoms with Crippen LogP contribution in [0.2, 0.25) is 0 Å². The molecule has 0 heterocycles. The maximum Gasteiger partial charge on any atom is 0.158 e. The molecule has 1 N–H and O–H groups in total. The van der Waals surface area contributed by atoms with Crippen molar-refractivity contribution in [2.45, 2.75) is 39.5 Å². The fourth-order valence-corrected chi connectivity index (χ4v) is 1.94. The molecule has 0 amide bonds. The molecular formula is C15H24FNO2. The van der Waals surface area contributed by atoms with Gasteiger partial charge in [-0.15, -0.1) is 0 Å². The second-order valence-electron chi connectivity index (χ2n) is 4.33. The lowest BCUT2D eigenvalue weighted by Crippen LogP contribution is -2.27. The standard InChI is InChI=1S/C15H24FNO2/c1-4-18-15(19-5-2)10-11-17-12(3)13-8-6-7-9-14(13)16/h6-9,12,15,17H,4-5,10-11H2,1-3H3.